The van der Waals surface area contributed by atoms with Crippen LogP contribution >= 0.6 is 15.9 Å². The number of aromatic amines is 1. The van der Waals surface area contributed by atoms with Crippen LogP contribution in [-0.4, -0.2) is 28.0 Å². The Balaban J connectivity index is 2.34. The van der Waals surface area contributed by atoms with Crippen molar-refractivity contribution in [3.8, 4) is 0 Å². The van der Waals surface area contributed by atoms with Crippen molar-refractivity contribution in [2.45, 2.75) is 26.2 Å². The summed E-state index contributed by atoms with van der Waals surface area (Å²) in [5.74, 6) is 0.504. The third kappa shape index (κ3) is 4.35. The van der Waals surface area contributed by atoms with Crippen molar-refractivity contribution in [1.29, 1.82) is 0 Å². The lowest BCUT2D eigenvalue weighted by atomic mass is 10.0. The van der Waals surface area contributed by atoms with Crippen molar-refractivity contribution in [2.75, 3.05) is 11.9 Å². The summed E-state index contributed by atoms with van der Waals surface area (Å²) >= 11 is 3.44. The molecule has 1 heterocycles. The average Bonchev–Trinajstić information content (AvgIpc) is 2.79. The van der Waals surface area contributed by atoms with E-state index in [0.717, 1.165) is 31.1 Å². The van der Waals surface area contributed by atoms with Gasteiger partial charge in [-0.15, -0.1) is 0 Å². The molecular weight excluding hydrogens is 270 g/mol. The predicted molar refractivity (Wildman–Crippen MR) is 67.7 cm³/mol. The van der Waals surface area contributed by atoms with E-state index in [1.54, 1.807) is 6.20 Å². The van der Waals surface area contributed by atoms with Crippen molar-refractivity contribution < 1.29 is 4.79 Å². The number of carbonyl (C=O) groups excluding carboxylic acids is 1. The minimum Gasteiger partial charge on any atom is -0.352 e. The van der Waals surface area contributed by atoms with Crippen molar-refractivity contribution in [3.05, 3.63) is 18.0 Å². The molecule has 0 aliphatic heterocycles. The Kier molecular flexibility index (Phi) is 6.15. The number of rotatable bonds is 7. The lowest BCUT2D eigenvalue weighted by Crippen LogP contribution is -2.29. The Bertz CT molecular complexity index is 294. The standard InChI is InChI=1S/C11H18BrN3O/c1-2-3-9(4-5-12)6-13-11(16)10-7-14-15-8-10/h7-9H,2-6H2,1H3,(H,13,16)(H,14,15). The van der Waals surface area contributed by atoms with E-state index < -0.39 is 0 Å². The van der Waals surface area contributed by atoms with E-state index in [1.165, 1.54) is 6.20 Å². The van der Waals surface area contributed by atoms with Crippen LogP contribution < -0.4 is 5.32 Å². The molecule has 16 heavy (non-hydrogen) atoms. The molecule has 1 aromatic heterocycles. The van der Waals surface area contributed by atoms with Gasteiger partial charge in [-0.05, 0) is 18.8 Å². The summed E-state index contributed by atoms with van der Waals surface area (Å²) in [5.41, 5.74) is 0.592. The highest BCUT2D eigenvalue weighted by atomic mass is 79.9. The molecule has 1 aromatic rings. The van der Waals surface area contributed by atoms with Gasteiger partial charge in [0.2, 0.25) is 0 Å². The van der Waals surface area contributed by atoms with Crippen molar-refractivity contribution in [1.82, 2.24) is 15.5 Å². The molecule has 0 radical (unpaired) electrons. The van der Waals surface area contributed by atoms with Crippen LogP contribution in [0.25, 0.3) is 0 Å². The SMILES string of the molecule is CCCC(CCBr)CNC(=O)c1cn[nH]c1. The third-order valence-electron chi connectivity index (χ3n) is 2.53. The molecule has 1 amide bonds. The van der Waals surface area contributed by atoms with Gasteiger partial charge in [-0.25, -0.2) is 0 Å². The van der Waals surface area contributed by atoms with Crippen molar-refractivity contribution in [3.63, 3.8) is 0 Å². The monoisotopic (exact) mass is 287 g/mol. The molecule has 0 saturated carbocycles. The molecule has 0 bridgehead atoms. The minimum absolute atomic E-state index is 0.0515. The van der Waals surface area contributed by atoms with Gasteiger partial charge in [-0.1, -0.05) is 29.3 Å². The van der Waals surface area contributed by atoms with E-state index in [-0.39, 0.29) is 5.91 Å². The van der Waals surface area contributed by atoms with Gasteiger partial charge < -0.3 is 5.32 Å². The average molecular weight is 288 g/mol. The summed E-state index contributed by atoms with van der Waals surface area (Å²) < 4.78 is 0. The van der Waals surface area contributed by atoms with Gasteiger partial charge in [0.25, 0.3) is 5.91 Å². The topological polar surface area (TPSA) is 57.8 Å². The lowest BCUT2D eigenvalue weighted by Gasteiger charge is -2.15. The number of amides is 1. The molecule has 5 heteroatoms. The summed E-state index contributed by atoms with van der Waals surface area (Å²) in [6.45, 7) is 2.91. The molecule has 2 N–H and O–H groups in total. The van der Waals surface area contributed by atoms with Crippen LogP contribution in [-0.2, 0) is 0 Å². The zero-order chi connectivity index (χ0) is 11.8. The number of hydrogen-bond acceptors (Lipinski definition) is 2. The second-order valence-corrected chi connectivity index (χ2v) is 4.62. The third-order valence-corrected chi connectivity index (χ3v) is 2.98. The second kappa shape index (κ2) is 7.44. The summed E-state index contributed by atoms with van der Waals surface area (Å²) in [4.78, 5) is 11.6. The van der Waals surface area contributed by atoms with Gasteiger partial charge >= 0.3 is 0 Å². The molecule has 0 saturated heterocycles. The van der Waals surface area contributed by atoms with Crippen LogP contribution in [0.15, 0.2) is 12.4 Å². The van der Waals surface area contributed by atoms with Crippen molar-refractivity contribution in [2.24, 2.45) is 5.92 Å². The smallest absolute Gasteiger partial charge is 0.254 e. The highest BCUT2D eigenvalue weighted by Crippen LogP contribution is 2.11. The molecular formula is C11H18BrN3O. The Morgan fingerprint density at radius 1 is 1.62 bits per heavy atom. The van der Waals surface area contributed by atoms with Gasteiger partial charge in [0.1, 0.15) is 0 Å². The molecule has 0 aliphatic rings. The van der Waals surface area contributed by atoms with Crippen LogP contribution in [0.5, 0.6) is 0 Å². The summed E-state index contributed by atoms with van der Waals surface area (Å²) in [5, 5.41) is 10.3. The number of aromatic nitrogens is 2. The maximum Gasteiger partial charge on any atom is 0.254 e. The Labute approximate surface area is 104 Å². The van der Waals surface area contributed by atoms with E-state index in [0.29, 0.717) is 11.5 Å². The van der Waals surface area contributed by atoms with Gasteiger partial charge in [0.05, 0.1) is 11.8 Å². The Hall–Kier alpha value is -0.840. The van der Waals surface area contributed by atoms with E-state index >= 15 is 0 Å². The molecule has 90 valence electrons. The van der Waals surface area contributed by atoms with Crippen LogP contribution in [0.4, 0.5) is 0 Å². The van der Waals surface area contributed by atoms with Crippen molar-refractivity contribution >= 4 is 21.8 Å². The van der Waals surface area contributed by atoms with Crippen LogP contribution in [0, 0.1) is 5.92 Å². The summed E-state index contributed by atoms with van der Waals surface area (Å²) in [6, 6.07) is 0. The van der Waals surface area contributed by atoms with E-state index in [1.807, 2.05) is 0 Å². The number of nitrogens with zero attached hydrogens (tertiary/aromatic N) is 1. The van der Waals surface area contributed by atoms with Crippen LogP contribution in [0.2, 0.25) is 0 Å². The zero-order valence-corrected chi connectivity index (χ0v) is 11.1. The van der Waals surface area contributed by atoms with Gasteiger partial charge in [0, 0.05) is 18.1 Å². The van der Waals surface area contributed by atoms with E-state index in [4.69, 9.17) is 0 Å². The summed E-state index contributed by atoms with van der Waals surface area (Å²) in [7, 11) is 0. The second-order valence-electron chi connectivity index (χ2n) is 3.83. The highest BCUT2D eigenvalue weighted by Gasteiger charge is 2.10. The first-order valence-electron chi connectivity index (χ1n) is 5.60. The highest BCUT2D eigenvalue weighted by molar-refractivity contribution is 9.09. The number of hydrogen-bond donors (Lipinski definition) is 2. The van der Waals surface area contributed by atoms with E-state index in [2.05, 4.69) is 38.4 Å². The molecule has 4 nitrogen and oxygen atoms in total. The largest absolute Gasteiger partial charge is 0.352 e. The quantitative estimate of drug-likeness (QED) is 0.757. The first-order valence-corrected chi connectivity index (χ1v) is 6.73. The fourth-order valence-electron chi connectivity index (χ4n) is 1.63. The molecule has 0 spiro atoms. The fourth-order valence-corrected chi connectivity index (χ4v) is 2.27. The van der Waals surface area contributed by atoms with Gasteiger partial charge in [-0.2, -0.15) is 5.10 Å². The maximum absolute atomic E-state index is 11.6. The lowest BCUT2D eigenvalue weighted by molar-refractivity contribution is 0.0946. The Morgan fingerprint density at radius 2 is 2.44 bits per heavy atom. The molecule has 0 aliphatic carbocycles. The zero-order valence-electron chi connectivity index (χ0n) is 9.50. The van der Waals surface area contributed by atoms with Crippen LogP contribution in [0.3, 0.4) is 0 Å². The maximum atomic E-state index is 11.6. The van der Waals surface area contributed by atoms with Crippen LogP contribution in [0.1, 0.15) is 36.5 Å². The normalized spacial score (nSPS) is 12.4. The summed E-state index contributed by atoms with van der Waals surface area (Å²) in [6.07, 6.45) is 6.54. The van der Waals surface area contributed by atoms with Gasteiger partial charge in [0.15, 0.2) is 0 Å². The molecule has 1 unspecified atom stereocenters. The molecule has 0 fully saturated rings. The van der Waals surface area contributed by atoms with Gasteiger partial charge in [-0.3, -0.25) is 9.89 Å². The predicted octanol–water partition coefficient (Wildman–Crippen LogP) is 2.34. The fraction of sp³-hybridized carbons (Fsp3) is 0.636. The molecule has 1 atom stereocenters. The minimum atomic E-state index is -0.0515. The molecule has 1 rings (SSSR count). The number of nitrogens with one attached hydrogen (secondary N) is 2. The first kappa shape index (κ1) is 13.2. The number of halogens is 1. The number of H-pyrrole nitrogens is 1. The first-order chi connectivity index (χ1) is 7.77. The molecule has 0 aromatic carbocycles. The number of alkyl halides is 1. The Morgan fingerprint density at radius 3 is 3.00 bits per heavy atom. The number of carbonyl (C=O) groups is 1. The van der Waals surface area contributed by atoms with E-state index in [9.17, 15) is 4.79 Å².